The van der Waals surface area contributed by atoms with E-state index in [4.69, 9.17) is 4.74 Å². The van der Waals surface area contributed by atoms with Gasteiger partial charge in [-0.05, 0) is 61.6 Å². The molecule has 1 fully saturated rings. The van der Waals surface area contributed by atoms with Crippen LogP contribution >= 0.6 is 0 Å². The number of ether oxygens (including phenoxy) is 1. The second-order valence-electron chi connectivity index (χ2n) is 7.13. The number of methoxy groups -OCH3 is 1. The first-order valence-corrected chi connectivity index (χ1v) is 9.02. The van der Waals surface area contributed by atoms with E-state index in [-0.39, 0.29) is 6.04 Å². The van der Waals surface area contributed by atoms with Crippen LogP contribution in [0, 0.1) is 11.8 Å². The fourth-order valence-electron chi connectivity index (χ4n) is 3.79. The highest BCUT2D eigenvalue weighted by atomic mass is 16.5. The van der Waals surface area contributed by atoms with Crippen molar-refractivity contribution in [1.82, 2.24) is 9.88 Å². The number of hydrogen-bond acceptors (Lipinski definition) is 4. The average molecular weight is 340 g/mol. The lowest BCUT2D eigenvalue weighted by atomic mass is 9.85. The van der Waals surface area contributed by atoms with Crippen LogP contribution in [0.15, 0.2) is 43.1 Å². The summed E-state index contributed by atoms with van der Waals surface area (Å²) in [5.74, 6) is 1.92. The molecule has 1 aliphatic heterocycles. The van der Waals surface area contributed by atoms with Crippen molar-refractivity contribution in [2.24, 2.45) is 11.8 Å². The maximum atomic E-state index is 11.1. The molecule has 0 saturated carbocycles. The van der Waals surface area contributed by atoms with Crippen LogP contribution in [-0.4, -0.2) is 41.2 Å². The smallest absolute Gasteiger partial charge is 0.119 e. The number of piperidine rings is 1. The van der Waals surface area contributed by atoms with Gasteiger partial charge in [0.2, 0.25) is 0 Å². The quantitative estimate of drug-likeness (QED) is 0.841. The van der Waals surface area contributed by atoms with Gasteiger partial charge in [-0.2, -0.15) is 0 Å². The first-order chi connectivity index (χ1) is 12.0. The van der Waals surface area contributed by atoms with Crippen LogP contribution in [0.4, 0.5) is 0 Å². The lowest BCUT2D eigenvalue weighted by Gasteiger charge is -2.40. The predicted molar refractivity (Wildman–Crippen MR) is 102 cm³/mol. The first-order valence-electron chi connectivity index (χ1n) is 9.02. The third-order valence-electron chi connectivity index (χ3n) is 5.68. The van der Waals surface area contributed by atoms with Crippen LogP contribution in [0.25, 0.3) is 10.9 Å². The molecule has 2 aromatic rings. The molecule has 0 spiro atoms. The molecular formula is C21H28N2O2. The van der Waals surface area contributed by atoms with E-state index in [1.807, 2.05) is 24.3 Å². The molecule has 4 atom stereocenters. The normalized spacial score (nSPS) is 24.0. The zero-order valence-corrected chi connectivity index (χ0v) is 15.4. The number of fused-ring (bicyclic) bond motifs is 1. The van der Waals surface area contributed by atoms with Gasteiger partial charge in [-0.3, -0.25) is 9.88 Å². The van der Waals surface area contributed by atoms with Crippen LogP contribution in [0.5, 0.6) is 5.75 Å². The molecule has 0 amide bonds. The Bertz CT molecular complexity index is 746. The largest absolute Gasteiger partial charge is 0.497 e. The molecule has 0 aliphatic carbocycles. The monoisotopic (exact) mass is 340 g/mol. The van der Waals surface area contributed by atoms with Crippen molar-refractivity contribution in [1.29, 1.82) is 0 Å². The molecule has 1 aromatic heterocycles. The summed E-state index contributed by atoms with van der Waals surface area (Å²) in [5, 5.41) is 12.0. The fraction of sp³-hybridized carbons (Fsp3) is 0.476. The summed E-state index contributed by atoms with van der Waals surface area (Å²) >= 11 is 0. The van der Waals surface area contributed by atoms with Gasteiger partial charge in [0.05, 0.1) is 18.7 Å². The minimum Gasteiger partial charge on any atom is -0.497 e. The third-order valence-corrected chi connectivity index (χ3v) is 5.68. The van der Waals surface area contributed by atoms with Crippen LogP contribution in [-0.2, 0) is 0 Å². The van der Waals surface area contributed by atoms with Gasteiger partial charge in [0.25, 0.3) is 0 Å². The van der Waals surface area contributed by atoms with E-state index in [0.717, 1.165) is 41.7 Å². The lowest BCUT2D eigenvalue weighted by Crippen LogP contribution is -2.46. The van der Waals surface area contributed by atoms with E-state index in [1.54, 1.807) is 13.3 Å². The summed E-state index contributed by atoms with van der Waals surface area (Å²) in [6, 6.07) is 7.74. The van der Waals surface area contributed by atoms with Crippen LogP contribution in [0.3, 0.4) is 0 Å². The van der Waals surface area contributed by atoms with E-state index in [2.05, 4.69) is 36.4 Å². The number of pyridine rings is 1. The Kier molecular flexibility index (Phi) is 5.40. The number of likely N-dealkylation sites (tertiary alicyclic amines) is 1. The van der Waals surface area contributed by atoms with Crippen molar-refractivity contribution in [3.8, 4) is 5.75 Å². The number of aliphatic hydroxyl groups excluding tert-OH is 1. The van der Waals surface area contributed by atoms with Gasteiger partial charge in [-0.25, -0.2) is 0 Å². The fourth-order valence-corrected chi connectivity index (χ4v) is 3.79. The predicted octanol–water partition coefficient (Wildman–Crippen LogP) is 3.81. The number of rotatable bonds is 5. The van der Waals surface area contributed by atoms with Crippen LogP contribution in [0.1, 0.15) is 31.9 Å². The van der Waals surface area contributed by atoms with Gasteiger partial charge < -0.3 is 9.84 Å². The van der Waals surface area contributed by atoms with Crippen LogP contribution < -0.4 is 4.74 Å². The standard InChI is InChI=1S/C21H28N2O2/c1-5-16-13-23(11-9-14(16)2)15(3)21(24)18-8-10-22-20-7-6-17(25-4)12-19(18)20/h5-8,10,12,14-16,21,24H,1,9,11,13H2,2-4H3/t14?,15?,16-,21-/m1/s1. The Labute approximate surface area is 150 Å². The highest BCUT2D eigenvalue weighted by Gasteiger charge is 2.31. The molecule has 0 bridgehead atoms. The summed E-state index contributed by atoms with van der Waals surface area (Å²) in [5.41, 5.74) is 1.78. The Morgan fingerprint density at radius 3 is 2.92 bits per heavy atom. The molecule has 134 valence electrons. The van der Waals surface area contributed by atoms with Gasteiger partial charge in [0.1, 0.15) is 5.75 Å². The van der Waals surface area contributed by atoms with Gasteiger partial charge in [-0.1, -0.05) is 13.0 Å². The van der Waals surface area contributed by atoms with Crippen molar-refractivity contribution < 1.29 is 9.84 Å². The Hall–Kier alpha value is -1.91. The summed E-state index contributed by atoms with van der Waals surface area (Å²) in [7, 11) is 1.65. The van der Waals surface area contributed by atoms with Crippen molar-refractivity contribution >= 4 is 10.9 Å². The summed E-state index contributed by atoms with van der Waals surface area (Å²) < 4.78 is 5.34. The molecule has 1 N–H and O–H groups in total. The minimum absolute atomic E-state index is 0.0340. The molecule has 1 aliphatic rings. The second kappa shape index (κ2) is 7.54. The maximum absolute atomic E-state index is 11.1. The minimum atomic E-state index is -0.573. The zero-order chi connectivity index (χ0) is 18.0. The summed E-state index contributed by atoms with van der Waals surface area (Å²) in [6.45, 7) is 10.3. The first kappa shape index (κ1) is 17.9. The summed E-state index contributed by atoms with van der Waals surface area (Å²) in [6.07, 6.45) is 4.39. The van der Waals surface area contributed by atoms with Gasteiger partial charge in [0.15, 0.2) is 0 Å². The molecular weight excluding hydrogens is 312 g/mol. The third kappa shape index (κ3) is 3.55. The second-order valence-corrected chi connectivity index (χ2v) is 7.13. The molecule has 1 aromatic carbocycles. The average Bonchev–Trinajstić information content (AvgIpc) is 2.66. The van der Waals surface area contributed by atoms with E-state index in [1.165, 1.54) is 0 Å². The SMILES string of the molecule is C=C[C@@H]1CN(C(C)[C@@H](O)c2ccnc3ccc(OC)cc23)CCC1C. The highest BCUT2D eigenvalue weighted by Crippen LogP contribution is 2.32. The molecule has 2 unspecified atom stereocenters. The van der Waals surface area contributed by atoms with Crippen molar-refractivity contribution in [2.75, 3.05) is 20.2 Å². The van der Waals surface area contributed by atoms with E-state index < -0.39 is 6.10 Å². The van der Waals surface area contributed by atoms with E-state index in [9.17, 15) is 5.11 Å². The zero-order valence-electron chi connectivity index (χ0n) is 15.4. The molecule has 1 saturated heterocycles. The molecule has 4 heteroatoms. The Morgan fingerprint density at radius 1 is 1.40 bits per heavy atom. The van der Waals surface area contributed by atoms with E-state index in [0.29, 0.717) is 11.8 Å². The van der Waals surface area contributed by atoms with Crippen molar-refractivity contribution in [3.63, 3.8) is 0 Å². The maximum Gasteiger partial charge on any atom is 0.119 e. The molecule has 4 nitrogen and oxygen atoms in total. The molecule has 25 heavy (non-hydrogen) atoms. The molecule has 0 radical (unpaired) electrons. The summed E-state index contributed by atoms with van der Waals surface area (Å²) in [4.78, 5) is 6.79. The van der Waals surface area contributed by atoms with Gasteiger partial charge in [-0.15, -0.1) is 6.58 Å². The highest BCUT2D eigenvalue weighted by molar-refractivity contribution is 5.83. The Balaban J connectivity index is 1.88. The number of aromatic nitrogens is 1. The van der Waals surface area contributed by atoms with Gasteiger partial charge in [0, 0.05) is 24.2 Å². The number of benzene rings is 1. The Morgan fingerprint density at radius 2 is 2.20 bits per heavy atom. The van der Waals surface area contributed by atoms with Gasteiger partial charge >= 0.3 is 0 Å². The van der Waals surface area contributed by atoms with Crippen molar-refractivity contribution in [2.45, 2.75) is 32.4 Å². The van der Waals surface area contributed by atoms with Crippen LogP contribution in [0.2, 0.25) is 0 Å². The number of hydrogen-bond donors (Lipinski definition) is 1. The number of nitrogens with zero attached hydrogens (tertiary/aromatic N) is 2. The van der Waals surface area contributed by atoms with E-state index >= 15 is 0 Å². The van der Waals surface area contributed by atoms with Crippen molar-refractivity contribution in [3.05, 3.63) is 48.7 Å². The molecule has 2 heterocycles. The lowest BCUT2D eigenvalue weighted by molar-refractivity contribution is 0.0277. The molecule has 3 rings (SSSR count). The topological polar surface area (TPSA) is 45.6 Å². The number of aliphatic hydroxyl groups is 1.